The summed E-state index contributed by atoms with van der Waals surface area (Å²) in [4.78, 5) is 41.0. The molecule has 0 aliphatic carbocycles. The van der Waals surface area contributed by atoms with Gasteiger partial charge in [-0.15, -0.1) is 11.3 Å². The van der Waals surface area contributed by atoms with Gasteiger partial charge in [-0.25, -0.2) is 9.97 Å². The molecule has 0 saturated heterocycles. The molecular formula is C22H23N5O3S. The van der Waals surface area contributed by atoms with Gasteiger partial charge in [-0.05, 0) is 24.6 Å². The minimum absolute atomic E-state index is 0.126. The molecule has 9 heteroatoms. The number of nitrogens with zero attached hydrogens (tertiary/aromatic N) is 4. The van der Waals surface area contributed by atoms with E-state index in [0.717, 1.165) is 27.6 Å². The Morgan fingerprint density at radius 2 is 2.03 bits per heavy atom. The van der Waals surface area contributed by atoms with Gasteiger partial charge in [0.15, 0.2) is 5.01 Å². The number of rotatable bonds is 5. The number of amides is 2. The summed E-state index contributed by atoms with van der Waals surface area (Å²) in [5, 5.41) is 3.37. The topological polar surface area (TPSA) is 97.3 Å². The third-order valence-electron chi connectivity index (χ3n) is 5.07. The predicted octanol–water partition coefficient (Wildman–Crippen LogP) is 2.42. The molecule has 0 fully saturated rings. The molecule has 8 nitrogen and oxygen atoms in total. The zero-order valence-electron chi connectivity index (χ0n) is 17.4. The van der Waals surface area contributed by atoms with E-state index >= 15 is 0 Å². The summed E-state index contributed by atoms with van der Waals surface area (Å²) in [7, 11) is 1.61. The summed E-state index contributed by atoms with van der Waals surface area (Å²) >= 11 is 1.40. The summed E-state index contributed by atoms with van der Waals surface area (Å²) in [6.45, 7) is 3.34. The highest BCUT2D eigenvalue weighted by Crippen LogP contribution is 2.24. The molecule has 1 aliphatic heterocycles. The van der Waals surface area contributed by atoms with E-state index < -0.39 is 0 Å². The second-order valence-electron chi connectivity index (χ2n) is 7.26. The molecule has 0 spiro atoms. The van der Waals surface area contributed by atoms with Gasteiger partial charge in [-0.1, -0.05) is 12.1 Å². The summed E-state index contributed by atoms with van der Waals surface area (Å²) in [5.41, 5.74) is 2.97. The van der Waals surface area contributed by atoms with Crippen LogP contribution in [0, 0.1) is 6.92 Å². The number of benzene rings is 1. The smallest absolute Gasteiger partial charge is 0.280 e. The molecule has 0 saturated carbocycles. The molecular weight excluding hydrogens is 414 g/mol. The van der Waals surface area contributed by atoms with Crippen LogP contribution < -0.4 is 10.1 Å². The van der Waals surface area contributed by atoms with Gasteiger partial charge in [0, 0.05) is 43.5 Å². The van der Waals surface area contributed by atoms with Gasteiger partial charge in [0.25, 0.3) is 11.8 Å². The number of thiazole rings is 1. The van der Waals surface area contributed by atoms with Crippen molar-refractivity contribution in [2.24, 2.45) is 0 Å². The molecule has 0 atom stereocenters. The van der Waals surface area contributed by atoms with Crippen molar-refractivity contribution in [3.05, 3.63) is 69.2 Å². The number of aryl methyl sites for hydroxylation is 1. The van der Waals surface area contributed by atoms with Gasteiger partial charge in [-0.3, -0.25) is 14.6 Å². The number of hydrogen-bond donors (Lipinski definition) is 1. The molecule has 2 amide bonds. The molecule has 2 aromatic heterocycles. The highest BCUT2D eigenvalue weighted by atomic mass is 32.1. The van der Waals surface area contributed by atoms with Crippen molar-refractivity contribution in [1.82, 2.24) is 25.2 Å². The van der Waals surface area contributed by atoms with Gasteiger partial charge in [0.1, 0.15) is 11.4 Å². The van der Waals surface area contributed by atoms with Gasteiger partial charge in [0.05, 0.1) is 24.7 Å². The maximum atomic E-state index is 12.7. The van der Waals surface area contributed by atoms with E-state index in [1.54, 1.807) is 18.2 Å². The zero-order chi connectivity index (χ0) is 21.8. The van der Waals surface area contributed by atoms with Crippen LogP contribution in [0.15, 0.2) is 36.7 Å². The Bertz CT molecular complexity index is 1070. The Labute approximate surface area is 184 Å². The first-order chi connectivity index (χ1) is 15.0. The summed E-state index contributed by atoms with van der Waals surface area (Å²) < 4.78 is 5.21. The van der Waals surface area contributed by atoms with Crippen LogP contribution in [-0.4, -0.2) is 51.9 Å². The first kappa shape index (κ1) is 20.9. The molecule has 0 bridgehead atoms. The van der Waals surface area contributed by atoms with Crippen molar-refractivity contribution in [2.75, 3.05) is 20.2 Å². The molecule has 0 radical (unpaired) electrons. The summed E-state index contributed by atoms with van der Waals surface area (Å²) in [6.07, 6.45) is 4.39. The number of fused-ring (bicyclic) bond motifs is 1. The fraction of sp³-hybridized carbons (Fsp3) is 0.318. The van der Waals surface area contributed by atoms with E-state index in [0.29, 0.717) is 43.2 Å². The Morgan fingerprint density at radius 3 is 2.81 bits per heavy atom. The molecule has 4 rings (SSSR count). The van der Waals surface area contributed by atoms with Crippen LogP contribution in [0.25, 0.3) is 0 Å². The number of carbonyl (C=O) groups is 2. The largest absolute Gasteiger partial charge is 0.497 e. The van der Waals surface area contributed by atoms with E-state index in [-0.39, 0.29) is 11.8 Å². The lowest BCUT2D eigenvalue weighted by molar-refractivity contribution is 0.0756. The highest BCUT2D eigenvalue weighted by Gasteiger charge is 2.24. The van der Waals surface area contributed by atoms with Crippen molar-refractivity contribution in [1.29, 1.82) is 0 Å². The number of aromatic nitrogens is 3. The van der Waals surface area contributed by atoms with E-state index in [9.17, 15) is 9.59 Å². The van der Waals surface area contributed by atoms with E-state index in [4.69, 9.17) is 4.74 Å². The maximum absolute atomic E-state index is 12.7. The van der Waals surface area contributed by atoms with Crippen LogP contribution in [0.1, 0.15) is 42.1 Å². The number of methoxy groups -OCH3 is 1. The number of ether oxygens (including phenoxy) is 1. The first-order valence-corrected chi connectivity index (χ1v) is 10.8. The van der Waals surface area contributed by atoms with Crippen LogP contribution in [0.4, 0.5) is 0 Å². The first-order valence-electron chi connectivity index (χ1n) is 10.0. The second kappa shape index (κ2) is 9.22. The summed E-state index contributed by atoms with van der Waals surface area (Å²) in [6, 6.07) is 7.58. The fourth-order valence-electron chi connectivity index (χ4n) is 3.37. The van der Waals surface area contributed by atoms with E-state index in [1.165, 1.54) is 17.5 Å². The molecule has 31 heavy (non-hydrogen) atoms. The average molecular weight is 438 g/mol. The van der Waals surface area contributed by atoms with Crippen molar-refractivity contribution in [3.63, 3.8) is 0 Å². The lowest BCUT2D eigenvalue weighted by Gasteiger charge is -2.19. The average Bonchev–Trinajstić information content (AvgIpc) is 3.10. The van der Waals surface area contributed by atoms with Crippen LogP contribution in [0.2, 0.25) is 0 Å². The van der Waals surface area contributed by atoms with Crippen LogP contribution in [0.5, 0.6) is 5.75 Å². The van der Waals surface area contributed by atoms with E-state index in [1.807, 2.05) is 31.2 Å². The third-order valence-corrected chi connectivity index (χ3v) is 6.23. The number of hydrogen-bond acceptors (Lipinski definition) is 7. The van der Waals surface area contributed by atoms with Gasteiger partial charge in [0.2, 0.25) is 0 Å². The molecule has 0 unspecified atom stereocenters. The lowest BCUT2D eigenvalue weighted by atomic mass is 10.2. The van der Waals surface area contributed by atoms with Gasteiger partial charge < -0.3 is 15.0 Å². The van der Waals surface area contributed by atoms with Gasteiger partial charge >= 0.3 is 0 Å². The SMILES string of the molecule is COc1cccc(CNC(=O)c2nc3c(s2)CCN(C(=O)c2cnc(C)cn2)CC3)c1. The van der Waals surface area contributed by atoms with Crippen LogP contribution >= 0.6 is 11.3 Å². The quantitative estimate of drug-likeness (QED) is 0.658. The molecule has 3 aromatic rings. The van der Waals surface area contributed by atoms with Crippen LogP contribution in [0.3, 0.4) is 0 Å². The Balaban J connectivity index is 1.37. The van der Waals surface area contributed by atoms with Crippen molar-refractivity contribution in [3.8, 4) is 5.75 Å². The Hall–Kier alpha value is -3.33. The van der Waals surface area contributed by atoms with E-state index in [2.05, 4.69) is 20.3 Å². The number of nitrogens with one attached hydrogen (secondary N) is 1. The standard InChI is InChI=1S/C22H23N5O3S/c1-14-11-24-18(13-23-14)22(29)27-8-6-17-19(7-9-27)31-21(26-17)20(28)25-12-15-4-3-5-16(10-15)30-2/h3-5,10-11,13H,6-9,12H2,1-2H3,(H,25,28). The minimum atomic E-state index is -0.191. The van der Waals surface area contributed by atoms with Crippen LogP contribution in [-0.2, 0) is 19.4 Å². The molecule has 3 heterocycles. The molecule has 1 aliphatic rings. The third kappa shape index (κ3) is 4.88. The molecule has 1 N–H and O–H groups in total. The monoisotopic (exact) mass is 437 g/mol. The fourth-order valence-corrected chi connectivity index (χ4v) is 4.38. The summed E-state index contributed by atoms with van der Waals surface area (Å²) in [5.74, 6) is 0.436. The molecule has 160 valence electrons. The van der Waals surface area contributed by atoms with Crippen molar-refractivity contribution >= 4 is 23.2 Å². The second-order valence-corrected chi connectivity index (χ2v) is 8.34. The lowest BCUT2D eigenvalue weighted by Crippen LogP contribution is -2.34. The Morgan fingerprint density at radius 1 is 1.19 bits per heavy atom. The normalized spacial score (nSPS) is 13.3. The Kier molecular flexibility index (Phi) is 6.22. The maximum Gasteiger partial charge on any atom is 0.280 e. The van der Waals surface area contributed by atoms with Crippen molar-refractivity contribution < 1.29 is 14.3 Å². The predicted molar refractivity (Wildman–Crippen MR) is 116 cm³/mol. The molecule has 1 aromatic carbocycles. The minimum Gasteiger partial charge on any atom is -0.497 e. The van der Waals surface area contributed by atoms with Gasteiger partial charge in [-0.2, -0.15) is 0 Å². The van der Waals surface area contributed by atoms with Crippen molar-refractivity contribution in [2.45, 2.75) is 26.3 Å². The number of carbonyl (C=O) groups excluding carboxylic acids is 2. The zero-order valence-corrected chi connectivity index (χ0v) is 18.2. The highest BCUT2D eigenvalue weighted by molar-refractivity contribution is 7.13.